The highest BCUT2D eigenvalue weighted by Crippen LogP contribution is 2.22. The van der Waals surface area contributed by atoms with E-state index in [1.165, 1.54) is 12.1 Å². The fraction of sp³-hybridized carbons (Fsp3) is 0.0714. The van der Waals surface area contributed by atoms with E-state index >= 15 is 0 Å². The normalized spacial score (nSPS) is 10.1. The molecule has 0 fully saturated rings. The molecule has 0 bridgehead atoms. The Morgan fingerprint density at radius 3 is 2.60 bits per heavy atom. The van der Waals surface area contributed by atoms with Crippen molar-refractivity contribution >= 4 is 28.9 Å². The number of nitro groups is 1. The average Bonchev–Trinajstić information content (AvgIpc) is 2.38. The molecule has 2 aromatic carbocycles. The molecule has 1 N–H and O–H groups in total. The first-order valence-electron chi connectivity index (χ1n) is 5.80. The van der Waals surface area contributed by atoms with E-state index in [0.29, 0.717) is 16.3 Å². The van der Waals surface area contributed by atoms with Crippen molar-refractivity contribution in [1.29, 1.82) is 0 Å². The number of benzene rings is 2. The van der Waals surface area contributed by atoms with Crippen molar-refractivity contribution < 1.29 is 9.72 Å². The molecule has 0 saturated heterocycles. The van der Waals surface area contributed by atoms with Crippen LogP contribution in [0.2, 0.25) is 5.02 Å². The van der Waals surface area contributed by atoms with Crippen molar-refractivity contribution in [2.45, 2.75) is 6.92 Å². The summed E-state index contributed by atoms with van der Waals surface area (Å²) in [5.41, 5.74) is 1.05. The number of nitro benzene ring substituents is 1. The summed E-state index contributed by atoms with van der Waals surface area (Å²) in [5, 5.41) is 14.0. The van der Waals surface area contributed by atoms with Gasteiger partial charge < -0.3 is 5.32 Å². The van der Waals surface area contributed by atoms with Crippen LogP contribution in [-0.2, 0) is 0 Å². The number of amides is 1. The van der Waals surface area contributed by atoms with Crippen LogP contribution >= 0.6 is 11.6 Å². The van der Waals surface area contributed by atoms with Crippen LogP contribution in [0, 0.1) is 17.0 Å². The highest BCUT2D eigenvalue weighted by Gasteiger charge is 2.17. The first-order valence-corrected chi connectivity index (χ1v) is 6.18. The van der Waals surface area contributed by atoms with Gasteiger partial charge in [0.25, 0.3) is 11.6 Å². The summed E-state index contributed by atoms with van der Waals surface area (Å²) in [5.74, 6) is -0.409. The monoisotopic (exact) mass is 290 g/mol. The van der Waals surface area contributed by atoms with Gasteiger partial charge in [0.1, 0.15) is 0 Å². The predicted molar refractivity (Wildman–Crippen MR) is 77.2 cm³/mol. The molecule has 20 heavy (non-hydrogen) atoms. The lowest BCUT2D eigenvalue weighted by Crippen LogP contribution is -2.14. The van der Waals surface area contributed by atoms with Crippen LogP contribution in [-0.4, -0.2) is 10.8 Å². The summed E-state index contributed by atoms with van der Waals surface area (Å²) >= 11 is 5.83. The second-order valence-corrected chi connectivity index (χ2v) is 4.61. The van der Waals surface area contributed by atoms with Crippen LogP contribution in [0.3, 0.4) is 0 Å². The first kappa shape index (κ1) is 14.0. The van der Waals surface area contributed by atoms with E-state index in [2.05, 4.69) is 5.32 Å². The highest BCUT2D eigenvalue weighted by molar-refractivity contribution is 6.31. The Bertz CT molecular complexity index is 686. The molecule has 0 saturated carbocycles. The van der Waals surface area contributed by atoms with E-state index in [1.807, 2.05) is 0 Å². The van der Waals surface area contributed by atoms with Gasteiger partial charge in [-0.15, -0.1) is 0 Å². The van der Waals surface area contributed by atoms with Crippen molar-refractivity contribution in [3.63, 3.8) is 0 Å². The van der Waals surface area contributed by atoms with E-state index in [-0.39, 0.29) is 11.3 Å². The second-order valence-electron chi connectivity index (χ2n) is 4.17. The zero-order chi connectivity index (χ0) is 14.7. The molecule has 0 unspecified atom stereocenters. The number of carbonyl (C=O) groups is 1. The summed E-state index contributed by atoms with van der Waals surface area (Å²) in [4.78, 5) is 22.5. The second kappa shape index (κ2) is 5.71. The van der Waals surface area contributed by atoms with Gasteiger partial charge in [0, 0.05) is 27.9 Å². The average molecular weight is 291 g/mol. The summed E-state index contributed by atoms with van der Waals surface area (Å²) in [6, 6.07) is 11.1. The van der Waals surface area contributed by atoms with Crippen molar-refractivity contribution in [2.24, 2.45) is 0 Å². The molecule has 0 aliphatic rings. The van der Waals surface area contributed by atoms with E-state index in [0.717, 1.165) is 0 Å². The molecule has 5 nitrogen and oxygen atoms in total. The zero-order valence-corrected chi connectivity index (χ0v) is 11.3. The molecule has 0 aromatic heterocycles. The van der Waals surface area contributed by atoms with Crippen LogP contribution in [0.15, 0.2) is 42.5 Å². The third kappa shape index (κ3) is 2.95. The van der Waals surface area contributed by atoms with Crippen LogP contribution in [0.5, 0.6) is 0 Å². The largest absolute Gasteiger partial charge is 0.322 e. The number of halogens is 1. The van der Waals surface area contributed by atoms with Gasteiger partial charge in [0.2, 0.25) is 0 Å². The highest BCUT2D eigenvalue weighted by atomic mass is 35.5. The van der Waals surface area contributed by atoms with Gasteiger partial charge in [-0.3, -0.25) is 14.9 Å². The maximum Gasteiger partial charge on any atom is 0.273 e. The molecule has 6 heteroatoms. The van der Waals surface area contributed by atoms with Gasteiger partial charge in [-0.2, -0.15) is 0 Å². The van der Waals surface area contributed by atoms with E-state index in [9.17, 15) is 14.9 Å². The number of hydrogen-bond acceptors (Lipinski definition) is 3. The summed E-state index contributed by atoms with van der Waals surface area (Å²) < 4.78 is 0. The first-order chi connectivity index (χ1) is 9.49. The molecule has 102 valence electrons. The summed E-state index contributed by atoms with van der Waals surface area (Å²) in [6.45, 7) is 1.55. The molecule has 0 spiro atoms. The Hall–Kier alpha value is -2.40. The minimum absolute atomic E-state index is 0.0799. The van der Waals surface area contributed by atoms with Crippen LogP contribution in [0.4, 0.5) is 11.4 Å². The topological polar surface area (TPSA) is 72.2 Å². The smallest absolute Gasteiger partial charge is 0.273 e. The van der Waals surface area contributed by atoms with Crippen LogP contribution < -0.4 is 5.32 Å². The van der Waals surface area contributed by atoms with Gasteiger partial charge in [0.05, 0.1) is 4.92 Å². The molecule has 2 aromatic rings. The van der Waals surface area contributed by atoms with Crippen LogP contribution in [0.25, 0.3) is 0 Å². The lowest BCUT2D eigenvalue weighted by Gasteiger charge is -2.08. The summed E-state index contributed by atoms with van der Waals surface area (Å²) in [6.07, 6.45) is 0. The van der Waals surface area contributed by atoms with Crippen molar-refractivity contribution in [2.75, 3.05) is 5.32 Å². The maximum absolute atomic E-state index is 12.1. The van der Waals surface area contributed by atoms with Crippen molar-refractivity contribution in [3.05, 3.63) is 68.7 Å². The lowest BCUT2D eigenvalue weighted by atomic mass is 10.1. The fourth-order valence-corrected chi connectivity index (χ4v) is 2.02. The number of anilines is 1. The Morgan fingerprint density at radius 1 is 1.25 bits per heavy atom. The zero-order valence-electron chi connectivity index (χ0n) is 10.6. The summed E-state index contributed by atoms with van der Waals surface area (Å²) in [7, 11) is 0. The maximum atomic E-state index is 12.1. The van der Waals surface area contributed by atoms with Gasteiger partial charge >= 0.3 is 0 Å². The molecule has 0 radical (unpaired) electrons. The molecule has 0 heterocycles. The number of nitrogens with one attached hydrogen (secondary N) is 1. The minimum Gasteiger partial charge on any atom is -0.322 e. The molecule has 0 aliphatic carbocycles. The van der Waals surface area contributed by atoms with Gasteiger partial charge in [-0.25, -0.2) is 0 Å². The number of hydrogen-bond donors (Lipinski definition) is 1. The Balaban J connectivity index is 2.30. The number of carbonyl (C=O) groups excluding carboxylic acids is 1. The Labute approximate surface area is 120 Å². The third-order valence-corrected chi connectivity index (χ3v) is 3.06. The Kier molecular flexibility index (Phi) is 4.00. The van der Waals surface area contributed by atoms with Crippen molar-refractivity contribution in [1.82, 2.24) is 0 Å². The lowest BCUT2D eigenvalue weighted by molar-refractivity contribution is -0.385. The van der Waals surface area contributed by atoms with Gasteiger partial charge in [0.15, 0.2) is 0 Å². The standard InChI is InChI=1S/C14H11ClN2O3/c1-9-12(6-3-7-13(9)17(19)20)14(18)16-11-5-2-4-10(15)8-11/h2-8H,1H3,(H,16,18). The molecule has 1 amide bonds. The minimum atomic E-state index is -0.508. The molecule has 0 aliphatic heterocycles. The third-order valence-electron chi connectivity index (χ3n) is 2.83. The van der Waals surface area contributed by atoms with Gasteiger partial charge in [-0.05, 0) is 31.2 Å². The SMILES string of the molecule is Cc1c(C(=O)Nc2cccc(Cl)c2)cccc1[N+](=O)[O-]. The molecule has 2 rings (SSSR count). The molecule has 0 atom stereocenters. The van der Waals surface area contributed by atoms with Crippen LogP contribution in [0.1, 0.15) is 15.9 Å². The molecular formula is C14H11ClN2O3. The fourth-order valence-electron chi connectivity index (χ4n) is 1.83. The predicted octanol–water partition coefficient (Wildman–Crippen LogP) is 3.81. The quantitative estimate of drug-likeness (QED) is 0.690. The van der Waals surface area contributed by atoms with E-state index < -0.39 is 10.8 Å². The Morgan fingerprint density at radius 2 is 1.95 bits per heavy atom. The number of rotatable bonds is 3. The van der Waals surface area contributed by atoms with E-state index in [1.54, 1.807) is 37.3 Å². The molecular weight excluding hydrogens is 280 g/mol. The van der Waals surface area contributed by atoms with Crippen molar-refractivity contribution in [3.8, 4) is 0 Å². The number of nitrogens with zero attached hydrogens (tertiary/aromatic N) is 1. The van der Waals surface area contributed by atoms with E-state index in [4.69, 9.17) is 11.6 Å². The van der Waals surface area contributed by atoms with Gasteiger partial charge in [-0.1, -0.05) is 23.7 Å².